The van der Waals surface area contributed by atoms with E-state index in [1.165, 1.54) is 0 Å². The van der Waals surface area contributed by atoms with Crippen LogP contribution < -0.4 is 0 Å². The molecule has 0 spiro atoms. The lowest BCUT2D eigenvalue weighted by Crippen LogP contribution is -2.30. The lowest BCUT2D eigenvalue weighted by atomic mass is 9.82. The van der Waals surface area contributed by atoms with Gasteiger partial charge in [-0.3, -0.25) is 4.52 Å². The number of halogens is 2. The van der Waals surface area contributed by atoms with Gasteiger partial charge in [0.25, 0.3) is 0 Å². The van der Waals surface area contributed by atoms with Crippen molar-refractivity contribution in [2.45, 2.75) is 39.7 Å². The summed E-state index contributed by atoms with van der Waals surface area (Å²) in [5.41, 5.74) is 0. The van der Waals surface area contributed by atoms with Gasteiger partial charge < -0.3 is 4.52 Å². The van der Waals surface area contributed by atoms with E-state index in [0.29, 0.717) is 36.2 Å². The standard InChI is InChI=1S/C15H24Cl2NO3P/c1-4-18(5-2)22(19,20-11(3)9-10-16)21-15-13-8-6-7-12(13)14(15)17/h6-7,11-13H,4-5,8-10H2,1-3H3. The van der Waals surface area contributed by atoms with Crippen molar-refractivity contribution in [3.63, 3.8) is 0 Å². The fourth-order valence-electron chi connectivity index (χ4n) is 2.81. The highest BCUT2D eigenvalue weighted by Gasteiger charge is 2.47. The first-order valence-corrected chi connectivity index (χ1v) is 10.2. The third-order valence-corrected chi connectivity index (χ3v) is 7.12. The molecule has 0 saturated carbocycles. The molecular weight excluding hydrogens is 344 g/mol. The van der Waals surface area contributed by atoms with Gasteiger partial charge in [-0.1, -0.05) is 37.6 Å². The Morgan fingerprint density at radius 1 is 1.45 bits per heavy atom. The molecule has 0 bridgehead atoms. The average molecular weight is 368 g/mol. The van der Waals surface area contributed by atoms with E-state index < -0.39 is 7.75 Å². The highest BCUT2D eigenvalue weighted by molar-refractivity contribution is 7.51. The second-order valence-corrected chi connectivity index (χ2v) is 8.28. The molecular formula is C15H24Cl2NO3P. The molecule has 4 atom stereocenters. The molecule has 0 heterocycles. The van der Waals surface area contributed by atoms with Crippen LogP contribution in [0.5, 0.6) is 0 Å². The van der Waals surface area contributed by atoms with Gasteiger partial charge in [0, 0.05) is 30.8 Å². The van der Waals surface area contributed by atoms with E-state index in [-0.39, 0.29) is 17.9 Å². The van der Waals surface area contributed by atoms with Gasteiger partial charge in [-0.25, -0.2) is 4.57 Å². The van der Waals surface area contributed by atoms with Gasteiger partial charge in [-0.05, 0) is 19.8 Å². The monoisotopic (exact) mass is 367 g/mol. The summed E-state index contributed by atoms with van der Waals surface area (Å²) in [6.07, 6.45) is 5.44. The number of fused-ring (bicyclic) bond motifs is 1. The Hall–Kier alpha value is 0.01000. The van der Waals surface area contributed by atoms with Crippen molar-refractivity contribution < 1.29 is 13.6 Å². The molecule has 126 valence electrons. The van der Waals surface area contributed by atoms with Gasteiger partial charge in [0.05, 0.1) is 11.1 Å². The largest absolute Gasteiger partial charge is 0.461 e. The quantitative estimate of drug-likeness (QED) is 0.321. The summed E-state index contributed by atoms with van der Waals surface area (Å²) in [5.74, 6) is 1.52. The number of allylic oxidation sites excluding steroid dienone is 4. The Kier molecular flexibility index (Phi) is 6.44. The third-order valence-electron chi connectivity index (χ3n) is 4.15. The average Bonchev–Trinajstić information content (AvgIpc) is 2.91. The van der Waals surface area contributed by atoms with Gasteiger partial charge in [0.15, 0.2) is 0 Å². The van der Waals surface area contributed by atoms with E-state index in [0.717, 1.165) is 6.42 Å². The zero-order chi connectivity index (χ0) is 16.3. The molecule has 0 aromatic rings. The minimum atomic E-state index is -3.42. The van der Waals surface area contributed by atoms with Crippen LogP contribution in [0.1, 0.15) is 33.6 Å². The third kappa shape index (κ3) is 3.57. The highest BCUT2D eigenvalue weighted by Crippen LogP contribution is 2.61. The van der Waals surface area contributed by atoms with Crippen LogP contribution in [0.4, 0.5) is 0 Å². The van der Waals surface area contributed by atoms with Gasteiger partial charge in [-0.2, -0.15) is 4.67 Å². The summed E-state index contributed by atoms with van der Waals surface area (Å²) < 4.78 is 26.7. The summed E-state index contributed by atoms with van der Waals surface area (Å²) in [6, 6.07) is 0. The van der Waals surface area contributed by atoms with Gasteiger partial charge >= 0.3 is 7.75 Å². The second kappa shape index (κ2) is 7.72. The van der Waals surface area contributed by atoms with Crippen molar-refractivity contribution in [3.8, 4) is 0 Å². The highest BCUT2D eigenvalue weighted by atomic mass is 35.5. The maximum Gasteiger partial charge on any atom is 0.461 e. The number of hydrogen-bond acceptors (Lipinski definition) is 3. The van der Waals surface area contributed by atoms with Gasteiger partial charge in [0.1, 0.15) is 5.76 Å². The molecule has 22 heavy (non-hydrogen) atoms. The predicted octanol–water partition coefficient (Wildman–Crippen LogP) is 5.14. The first kappa shape index (κ1) is 18.4. The van der Waals surface area contributed by atoms with Crippen molar-refractivity contribution >= 4 is 30.9 Å². The van der Waals surface area contributed by atoms with Gasteiger partial charge in [0.2, 0.25) is 0 Å². The summed E-state index contributed by atoms with van der Waals surface area (Å²) in [4.78, 5) is 0. The summed E-state index contributed by atoms with van der Waals surface area (Å²) >= 11 is 12.0. The van der Waals surface area contributed by atoms with E-state index in [4.69, 9.17) is 32.2 Å². The topological polar surface area (TPSA) is 38.8 Å². The fraction of sp³-hybridized carbons (Fsp3) is 0.733. The van der Waals surface area contributed by atoms with E-state index in [9.17, 15) is 4.57 Å². The molecule has 0 fully saturated rings. The zero-order valence-corrected chi connectivity index (χ0v) is 15.7. The van der Waals surface area contributed by atoms with Crippen LogP contribution in [0.3, 0.4) is 0 Å². The van der Waals surface area contributed by atoms with E-state index in [2.05, 4.69) is 12.2 Å². The molecule has 0 aliphatic heterocycles. The first-order valence-electron chi connectivity index (χ1n) is 7.82. The fourth-order valence-corrected chi connectivity index (χ4v) is 5.61. The molecule has 4 unspecified atom stereocenters. The summed E-state index contributed by atoms with van der Waals surface area (Å²) in [5, 5.41) is 0.653. The van der Waals surface area contributed by atoms with Crippen LogP contribution in [0, 0.1) is 11.8 Å². The summed E-state index contributed by atoms with van der Waals surface area (Å²) in [6.45, 7) is 6.90. The van der Waals surface area contributed by atoms with Gasteiger partial charge in [-0.15, -0.1) is 11.6 Å². The lowest BCUT2D eigenvalue weighted by molar-refractivity contribution is 0.124. The zero-order valence-electron chi connectivity index (χ0n) is 13.3. The summed E-state index contributed by atoms with van der Waals surface area (Å²) in [7, 11) is -3.42. The molecule has 0 aromatic heterocycles. The van der Waals surface area contributed by atoms with Crippen molar-refractivity contribution in [2.75, 3.05) is 19.0 Å². The number of hydrogen-bond donors (Lipinski definition) is 0. The van der Waals surface area contributed by atoms with Crippen LogP contribution in [-0.4, -0.2) is 29.7 Å². The normalized spacial score (nSPS) is 27.5. The Morgan fingerprint density at radius 2 is 2.14 bits per heavy atom. The SMILES string of the molecule is CCN(CC)P(=O)(OC1=C(Cl)C2C=CCC12)OC(C)CCCl. The van der Waals surface area contributed by atoms with Crippen LogP contribution in [0.15, 0.2) is 22.9 Å². The van der Waals surface area contributed by atoms with Crippen molar-refractivity contribution in [2.24, 2.45) is 11.8 Å². The molecule has 0 amide bonds. The van der Waals surface area contributed by atoms with Crippen LogP contribution in [-0.2, 0) is 13.6 Å². The van der Waals surface area contributed by atoms with Crippen molar-refractivity contribution in [1.82, 2.24) is 4.67 Å². The maximum atomic E-state index is 13.3. The van der Waals surface area contributed by atoms with E-state index >= 15 is 0 Å². The Balaban J connectivity index is 2.16. The Morgan fingerprint density at radius 3 is 2.73 bits per heavy atom. The molecule has 2 aliphatic rings. The smallest absolute Gasteiger partial charge is 0.416 e. The molecule has 0 radical (unpaired) electrons. The van der Waals surface area contributed by atoms with E-state index in [1.807, 2.05) is 20.8 Å². The van der Waals surface area contributed by atoms with E-state index in [1.54, 1.807) is 4.67 Å². The Labute approximate surface area is 143 Å². The van der Waals surface area contributed by atoms with Crippen LogP contribution in [0.2, 0.25) is 0 Å². The van der Waals surface area contributed by atoms with Crippen LogP contribution >= 0.6 is 30.9 Å². The van der Waals surface area contributed by atoms with Crippen molar-refractivity contribution in [1.29, 1.82) is 0 Å². The Bertz CT molecular complexity index is 505. The molecule has 4 nitrogen and oxygen atoms in total. The molecule has 2 rings (SSSR count). The molecule has 0 N–H and O–H groups in total. The van der Waals surface area contributed by atoms with Crippen LogP contribution in [0.25, 0.3) is 0 Å². The lowest BCUT2D eigenvalue weighted by Gasteiger charge is -2.38. The molecule has 0 saturated heterocycles. The minimum absolute atomic E-state index is 0.211. The number of nitrogens with zero attached hydrogens (tertiary/aromatic N) is 1. The number of rotatable bonds is 9. The minimum Gasteiger partial charge on any atom is -0.416 e. The molecule has 2 aliphatic carbocycles. The molecule has 7 heteroatoms. The van der Waals surface area contributed by atoms with Crippen molar-refractivity contribution in [3.05, 3.63) is 22.9 Å². The number of alkyl halides is 1. The molecule has 0 aromatic carbocycles. The maximum absolute atomic E-state index is 13.3. The second-order valence-electron chi connectivity index (χ2n) is 5.60. The first-order chi connectivity index (χ1) is 10.5. The predicted molar refractivity (Wildman–Crippen MR) is 91.1 cm³/mol.